The molecule has 3 heterocycles. The summed E-state index contributed by atoms with van der Waals surface area (Å²) in [6, 6.07) is 15.4. The van der Waals surface area contributed by atoms with Gasteiger partial charge in [0.2, 0.25) is 5.88 Å². The second-order valence-electron chi connectivity index (χ2n) is 5.90. The molecule has 0 spiro atoms. The second kappa shape index (κ2) is 7.54. The topological polar surface area (TPSA) is 52.3 Å². The molecule has 0 amide bonds. The van der Waals surface area contributed by atoms with Crippen molar-refractivity contribution >= 4 is 17.2 Å². The molecule has 4 rings (SSSR count). The third kappa shape index (κ3) is 3.68. The summed E-state index contributed by atoms with van der Waals surface area (Å²) in [5.41, 5.74) is 3.87. The SMILES string of the molecule is Clc1cccc(-c2cnc3ccc(OCCCc4ccncc4)nn23)c1. The Bertz CT molecular complexity index is 1020. The van der Waals surface area contributed by atoms with Gasteiger partial charge in [-0.2, -0.15) is 0 Å². The Hall–Kier alpha value is -2.92. The molecule has 0 saturated carbocycles. The molecule has 3 aromatic heterocycles. The van der Waals surface area contributed by atoms with Crippen LogP contribution in [0, 0.1) is 0 Å². The van der Waals surface area contributed by atoms with Gasteiger partial charge < -0.3 is 4.74 Å². The molecule has 0 radical (unpaired) electrons. The zero-order chi connectivity index (χ0) is 17.8. The summed E-state index contributed by atoms with van der Waals surface area (Å²) in [5.74, 6) is 0.577. The third-order valence-corrected chi connectivity index (χ3v) is 4.30. The number of hydrogen-bond donors (Lipinski definition) is 0. The molecule has 0 atom stereocenters. The fourth-order valence-electron chi connectivity index (χ4n) is 2.78. The lowest BCUT2D eigenvalue weighted by molar-refractivity contribution is 0.295. The quantitative estimate of drug-likeness (QED) is 0.474. The van der Waals surface area contributed by atoms with Crippen molar-refractivity contribution < 1.29 is 4.74 Å². The first-order chi connectivity index (χ1) is 12.8. The van der Waals surface area contributed by atoms with Gasteiger partial charge in [0.15, 0.2) is 5.65 Å². The first kappa shape index (κ1) is 16.5. The Morgan fingerprint density at radius 1 is 1.04 bits per heavy atom. The maximum atomic E-state index is 6.10. The number of fused-ring (bicyclic) bond motifs is 1. The molecule has 130 valence electrons. The van der Waals surface area contributed by atoms with Crippen LogP contribution >= 0.6 is 11.6 Å². The number of pyridine rings is 1. The number of ether oxygens (including phenoxy) is 1. The van der Waals surface area contributed by atoms with Crippen molar-refractivity contribution in [2.24, 2.45) is 0 Å². The highest BCUT2D eigenvalue weighted by Crippen LogP contribution is 2.24. The average molecular weight is 365 g/mol. The molecular formula is C20H17ClN4O. The number of benzene rings is 1. The van der Waals surface area contributed by atoms with Crippen LogP contribution in [0.15, 0.2) is 67.1 Å². The van der Waals surface area contributed by atoms with Crippen LogP contribution in [0.5, 0.6) is 5.88 Å². The normalized spacial score (nSPS) is 11.0. The van der Waals surface area contributed by atoms with Crippen LogP contribution in [0.3, 0.4) is 0 Å². The zero-order valence-corrected chi connectivity index (χ0v) is 14.8. The monoisotopic (exact) mass is 364 g/mol. The molecule has 0 bridgehead atoms. The van der Waals surface area contributed by atoms with Crippen molar-refractivity contribution in [1.82, 2.24) is 19.6 Å². The largest absolute Gasteiger partial charge is 0.477 e. The van der Waals surface area contributed by atoms with E-state index in [9.17, 15) is 0 Å². The summed E-state index contributed by atoms with van der Waals surface area (Å²) in [5, 5.41) is 5.25. The maximum absolute atomic E-state index is 6.10. The predicted octanol–water partition coefficient (Wildman–Crippen LogP) is 4.46. The van der Waals surface area contributed by atoms with Gasteiger partial charge in [0.25, 0.3) is 0 Å². The molecule has 6 heteroatoms. The van der Waals surface area contributed by atoms with E-state index in [0.717, 1.165) is 29.7 Å². The molecule has 4 aromatic rings. The van der Waals surface area contributed by atoms with Crippen LogP contribution < -0.4 is 4.74 Å². The van der Waals surface area contributed by atoms with Gasteiger partial charge in [-0.15, -0.1) is 5.10 Å². The lowest BCUT2D eigenvalue weighted by atomic mass is 10.1. The van der Waals surface area contributed by atoms with Crippen molar-refractivity contribution in [3.8, 4) is 17.1 Å². The molecule has 0 aliphatic rings. The minimum atomic E-state index is 0.577. The summed E-state index contributed by atoms with van der Waals surface area (Å²) < 4.78 is 7.60. The van der Waals surface area contributed by atoms with Crippen LogP contribution in [0.2, 0.25) is 5.02 Å². The van der Waals surface area contributed by atoms with Crippen LogP contribution in [0.1, 0.15) is 12.0 Å². The molecule has 0 aliphatic carbocycles. The van der Waals surface area contributed by atoms with Crippen molar-refractivity contribution in [3.63, 3.8) is 0 Å². The van der Waals surface area contributed by atoms with Gasteiger partial charge in [-0.3, -0.25) is 4.98 Å². The van der Waals surface area contributed by atoms with Gasteiger partial charge in [-0.05, 0) is 48.7 Å². The smallest absolute Gasteiger partial charge is 0.231 e. The van der Waals surface area contributed by atoms with E-state index in [1.165, 1.54) is 5.56 Å². The van der Waals surface area contributed by atoms with Gasteiger partial charge in [-0.25, -0.2) is 9.50 Å². The van der Waals surface area contributed by atoms with E-state index in [1.807, 2.05) is 60.9 Å². The molecule has 0 fully saturated rings. The van der Waals surface area contributed by atoms with E-state index in [0.29, 0.717) is 17.5 Å². The van der Waals surface area contributed by atoms with Crippen molar-refractivity contribution in [1.29, 1.82) is 0 Å². The molecule has 0 N–H and O–H groups in total. The fraction of sp³-hybridized carbons (Fsp3) is 0.150. The van der Waals surface area contributed by atoms with E-state index >= 15 is 0 Å². The molecule has 26 heavy (non-hydrogen) atoms. The van der Waals surface area contributed by atoms with Gasteiger partial charge in [-0.1, -0.05) is 23.7 Å². The Morgan fingerprint density at radius 3 is 2.77 bits per heavy atom. The highest BCUT2D eigenvalue weighted by molar-refractivity contribution is 6.30. The second-order valence-corrected chi connectivity index (χ2v) is 6.34. The minimum Gasteiger partial charge on any atom is -0.477 e. The molecular weight excluding hydrogens is 348 g/mol. The van der Waals surface area contributed by atoms with Gasteiger partial charge in [0.05, 0.1) is 18.5 Å². The number of hydrogen-bond acceptors (Lipinski definition) is 4. The Balaban J connectivity index is 1.47. The number of aromatic nitrogens is 4. The summed E-state index contributed by atoms with van der Waals surface area (Å²) in [6.45, 7) is 0.599. The standard InChI is InChI=1S/C20H17ClN4O/c21-17-5-1-4-16(13-17)18-14-23-19-6-7-20(24-25(18)19)26-12-2-3-15-8-10-22-11-9-15/h1,4-11,13-14H,2-3,12H2. The molecule has 0 unspecified atom stereocenters. The van der Waals surface area contributed by atoms with E-state index in [-0.39, 0.29) is 0 Å². The number of imidazole rings is 1. The van der Waals surface area contributed by atoms with Crippen LogP contribution in [0.25, 0.3) is 16.9 Å². The van der Waals surface area contributed by atoms with Crippen LogP contribution in [0.4, 0.5) is 0 Å². The lowest BCUT2D eigenvalue weighted by Gasteiger charge is -2.07. The van der Waals surface area contributed by atoms with E-state index in [2.05, 4.69) is 15.1 Å². The summed E-state index contributed by atoms with van der Waals surface area (Å²) in [7, 11) is 0. The first-order valence-electron chi connectivity index (χ1n) is 8.42. The number of rotatable bonds is 6. The average Bonchev–Trinajstić information content (AvgIpc) is 3.09. The van der Waals surface area contributed by atoms with Gasteiger partial charge >= 0.3 is 0 Å². The molecule has 0 aliphatic heterocycles. The van der Waals surface area contributed by atoms with Crippen LogP contribution in [-0.4, -0.2) is 26.2 Å². The summed E-state index contributed by atoms with van der Waals surface area (Å²) in [6.07, 6.45) is 7.27. The van der Waals surface area contributed by atoms with Crippen molar-refractivity contribution in [2.45, 2.75) is 12.8 Å². The lowest BCUT2D eigenvalue weighted by Crippen LogP contribution is -2.03. The van der Waals surface area contributed by atoms with Crippen LogP contribution in [-0.2, 0) is 6.42 Å². The van der Waals surface area contributed by atoms with Gasteiger partial charge in [0, 0.05) is 29.0 Å². The fourth-order valence-corrected chi connectivity index (χ4v) is 2.97. The first-order valence-corrected chi connectivity index (χ1v) is 8.80. The Morgan fingerprint density at radius 2 is 1.92 bits per heavy atom. The molecule has 1 aromatic carbocycles. The molecule has 0 saturated heterocycles. The number of nitrogens with zero attached hydrogens (tertiary/aromatic N) is 4. The Labute approximate surface area is 156 Å². The minimum absolute atomic E-state index is 0.577. The highest BCUT2D eigenvalue weighted by atomic mass is 35.5. The van der Waals surface area contributed by atoms with E-state index in [1.54, 1.807) is 10.7 Å². The number of halogens is 1. The van der Waals surface area contributed by atoms with E-state index in [4.69, 9.17) is 16.3 Å². The Kier molecular flexibility index (Phi) is 4.80. The summed E-state index contributed by atoms with van der Waals surface area (Å²) in [4.78, 5) is 8.42. The zero-order valence-electron chi connectivity index (χ0n) is 14.0. The number of aryl methyl sites for hydroxylation is 1. The molecule has 5 nitrogen and oxygen atoms in total. The highest BCUT2D eigenvalue weighted by Gasteiger charge is 2.09. The third-order valence-electron chi connectivity index (χ3n) is 4.07. The van der Waals surface area contributed by atoms with Crippen molar-refractivity contribution in [3.05, 3.63) is 77.7 Å². The van der Waals surface area contributed by atoms with E-state index < -0.39 is 0 Å². The predicted molar refractivity (Wildman–Crippen MR) is 101 cm³/mol. The summed E-state index contributed by atoms with van der Waals surface area (Å²) >= 11 is 6.10. The van der Waals surface area contributed by atoms with Gasteiger partial charge in [0.1, 0.15) is 0 Å². The maximum Gasteiger partial charge on any atom is 0.231 e. The van der Waals surface area contributed by atoms with Crippen molar-refractivity contribution in [2.75, 3.05) is 6.61 Å².